The van der Waals surface area contributed by atoms with Gasteiger partial charge in [-0.25, -0.2) is 0 Å². The number of ether oxygens (including phenoxy) is 1. The second-order valence-corrected chi connectivity index (χ2v) is 10.9. The molecule has 0 heterocycles. The number of carbonyl (C=O) groups excluding carboxylic acids is 2. The van der Waals surface area contributed by atoms with Crippen LogP contribution >= 0.6 is 0 Å². The Morgan fingerprint density at radius 3 is 2.10 bits per heavy atom. The van der Waals surface area contributed by atoms with Gasteiger partial charge in [0.25, 0.3) is 0 Å². The van der Waals surface area contributed by atoms with Crippen molar-refractivity contribution in [3.8, 4) is 17.2 Å². The minimum Gasteiger partial charge on any atom is -0.508 e. The fourth-order valence-corrected chi connectivity index (χ4v) is 4.85. The maximum Gasteiger partial charge on any atom is 0.325 e. The van der Waals surface area contributed by atoms with E-state index in [0.29, 0.717) is 12.0 Å². The number of allylic oxidation sites excluding steroid dienone is 6. The lowest BCUT2D eigenvalue weighted by Crippen LogP contribution is -2.29. The second-order valence-electron chi connectivity index (χ2n) is 10.9. The number of esters is 1. The van der Waals surface area contributed by atoms with Gasteiger partial charge < -0.3 is 25.0 Å². The average molecular weight is 578 g/mol. The molecule has 0 spiro atoms. The fraction of sp³-hybridized carbons (Fsp3) is 0.429. The van der Waals surface area contributed by atoms with Gasteiger partial charge in [-0.3, -0.25) is 9.59 Å². The number of unbranched alkanes of at least 4 members (excludes halogenated alkanes) is 1. The molecule has 7 heteroatoms. The van der Waals surface area contributed by atoms with Gasteiger partial charge in [-0.15, -0.1) is 0 Å². The number of carbonyl (C=O) groups is 2. The number of para-hydroxylation sites is 1. The molecule has 0 saturated heterocycles. The van der Waals surface area contributed by atoms with Crippen molar-refractivity contribution in [2.75, 3.05) is 18.1 Å². The third-order valence-electron chi connectivity index (χ3n) is 6.95. The molecule has 0 amide bonds. The van der Waals surface area contributed by atoms with Crippen molar-refractivity contribution >= 4 is 23.1 Å². The van der Waals surface area contributed by atoms with Gasteiger partial charge in [0, 0.05) is 11.6 Å². The zero-order valence-electron chi connectivity index (χ0n) is 26.0. The summed E-state index contributed by atoms with van der Waals surface area (Å²) < 4.78 is 5.17. The van der Waals surface area contributed by atoms with Crippen LogP contribution in [0, 0.1) is 0 Å². The normalized spacial score (nSPS) is 11.8. The van der Waals surface area contributed by atoms with Crippen LogP contribution < -0.4 is 4.90 Å². The highest BCUT2D eigenvalue weighted by molar-refractivity contribution is 6.03. The molecule has 2 aromatic carbocycles. The summed E-state index contributed by atoms with van der Waals surface area (Å²) in [5.41, 5.74) is 5.15. The maximum absolute atomic E-state index is 12.6. The number of nitrogens with zero attached hydrogens (tertiary/aromatic N) is 1. The van der Waals surface area contributed by atoms with E-state index in [9.17, 15) is 24.9 Å². The molecular weight excluding hydrogens is 530 g/mol. The first-order valence-electron chi connectivity index (χ1n) is 14.7. The van der Waals surface area contributed by atoms with Gasteiger partial charge >= 0.3 is 5.97 Å². The molecule has 0 unspecified atom stereocenters. The molecule has 2 rings (SSSR count). The molecule has 0 aliphatic rings. The third-order valence-corrected chi connectivity index (χ3v) is 6.95. The summed E-state index contributed by atoms with van der Waals surface area (Å²) in [7, 11) is 0. The Labute approximate surface area is 250 Å². The van der Waals surface area contributed by atoms with Crippen LogP contribution in [0.4, 0.5) is 11.4 Å². The predicted molar refractivity (Wildman–Crippen MR) is 170 cm³/mol. The van der Waals surface area contributed by atoms with Crippen molar-refractivity contribution < 1.29 is 29.6 Å². The number of hydrogen-bond acceptors (Lipinski definition) is 7. The van der Waals surface area contributed by atoms with Crippen molar-refractivity contribution in [2.45, 2.75) is 86.5 Å². The quantitative estimate of drug-likeness (QED) is 0.0795. The molecule has 0 aliphatic carbocycles. The minimum absolute atomic E-state index is 0.0974. The maximum atomic E-state index is 12.6. The monoisotopic (exact) mass is 577 g/mol. The lowest BCUT2D eigenvalue weighted by atomic mass is 10.00. The number of benzene rings is 2. The van der Waals surface area contributed by atoms with Gasteiger partial charge in [-0.2, -0.15) is 0 Å². The summed E-state index contributed by atoms with van der Waals surface area (Å²) in [5, 5.41) is 32.1. The van der Waals surface area contributed by atoms with Crippen molar-refractivity contribution in [2.24, 2.45) is 0 Å². The van der Waals surface area contributed by atoms with E-state index in [-0.39, 0.29) is 53.1 Å². The van der Waals surface area contributed by atoms with E-state index in [1.807, 2.05) is 0 Å². The van der Waals surface area contributed by atoms with Crippen molar-refractivity contribution in [3.63, 3.8) is 0 Å². The summed E-state index contributed by atoms with van der Waals surface area (Å²) in [6.45, 7) is 11.4. The predicted octanol–water partition coefficient (Wildman–Crippen LogP) is 8.45. The van der Waals surface area contributed by atoms with Crippen LogP contribution in [0.3, 0.4) is 0 Å². The van der Waals surface area contributed by atoms with E-state index in [4.69, 9.17) is 4.74 Å². The number of rotatable bonds is 16. The number of ketones is 1. The first-order chi connectivity index (χ1) is 19.9. The van der Waals surface area contributed by atoms with Crippen molar-refractivity contribution in [1.29, 1.82) is 0 Å². The highest BCUT2D eigenvalue weighted by Crippen LogP contribution is 2.44. The number of aryl methyl sites for hydroxylation is 1. The highest BCUT2D eigenvalue weighted by atomic mass is 16.5. The number of phenols is 3. The topological polar surface area (TPSA) is 107 Å². The molecule has 2 aromatic rings. The Hall–Kier alpha value is -4.00. The average Bonchev–Trinajstić information content (AvgIpc) is 2.90. The Morgan fingerprint density at radius 1 is 0.833 bits per heavy atom. The molecule has 0 bridgehead atoms. The largest absolute Gasteiger partial charge is 0.508 e. The van der Waals surface area contributed by atoms with Gasteiger partial charge in [0.15, 0.2) is 5.78 Å². The molecule has 228 valence electrons. The first kappa shape index (κ1) is 34.2. The van der Waals surface area contributed by atoms with Crippen molar-refractivity contribution in [1.82, 2.24) is 0 Å². The Balaban J connectivity index is 2.26. The SMILES string of the molecule is CCOC(=O)CN(c1c(O)cc(O)cc1CCC/C=C(\C)CC/C=C(\C)CCC=C(C)C)c1c(O)cccc1C(C)=O. The molecular formula is C35H47NO6. The lowest BCUT2D eigenvalue weighted by Gasteiger charge is -2.29. The van der Waals surface area contributed by atoms with Crippen LogP contribution in [0.2, 0.25) is 0 Å². The molecule has 0 aliphatic heterocycles. The van der Waals surface area contributed by atoms with Crippen LogP contribution in [0.25, 0.3) is 0 Å². The Kier molecular flexibility index (Phi) is 13.9. The Bertz CT molecular complexity index is 1320. The first-order valence-corrected chi connectivity index (χ1v) is 14.7. The summed E-state index contributed by atoms with van der Waals surface area (Å²) >= 11 is 0. The molecule has 0 saturated carbocycles. The van der Waals surface area contributed by atoms with E-state index in [0.717, 1.165) is 38.5 Å². The lowest BCUT2D eigenvalue weighted by molar-refractivity contribution is -0.141. The number of anilines is 2. The summed E-state index contributed by atoms with van der Waals surface area (Å²) in [4.78, 5) is 26.5. The van der Waals surface area contributed by atoms with Crippen molar-refractivity contribution in [3.05, 3.63) is 76.4 Å². The number of phenolic OH excluding ortho intramolecular Hbond substituents is 3. The molecule has 0 aromatic heterocycles. The highest BCUT2D eigenvalue weighted by Gasteiger charge is 2.27. The summed E-state index contributed by atoms with van der Waals surface area (Å²) in [6, 6.07) is 7.25. The Morgan fingerprint density at radius 2 is 1.48 bits per heavy atom. The fourth-order valence-electron chi connectivity index (χ4n) is 4.85. The zero-order chi connectivity index (χ0) is 31.2. The minimum atomic E-state index is -0.589. The van der Waals surface area contributed by atoms with E-state index >= 15 is 0 Å². The molecule has 7 nitrogen and oxygen atoms in total. The second kappa shape index (κ2) is 17.1. The van der Waals surface area contributed by atoms with E-state index in [1.165, 1.54) is 40.7 Å². The van der Waals surface area contributed by atoms with Gasteiger partial charge in [-0.05, 0) is 110 Å². The summed E-state index contributed by atoms with van der Waals surface area (Å²) in [6.07, 6.45) is 12.9. The van der Waals surface area contributed by atoms with E-state index < -0.39 is 5.97 Å². The number of Topliss-reactive ketones (excluding diaryl/α,β-unsaturated/α-hetero) is 1. The van der Waals surface area contributed by atoms with Gasteiger partial charge in [-0.1, -0.05) is 41.0 Å². The summed E-state index contributed by atoms with van der Waals surface area (Å²) in [5.74, 6) is -1.51. The molecule has 3 N–H and O–H groups in total. The van der Waals surface area contributed by atoms with Gasteiger partial charge in [0.05, 0.1) is 18.0 Å². The molecule has 0 atom stereocenters. The standard InChI is InChI=1S/C35H47NO6/c1-7-42-33(41)23-36(35-30(27(6)37)19-12-20-31(35)39)34-28(21-29(38)22-32(34)40)18-9-8-14-25(4)16-11-17-26(5)15-10-13-24(2)3/h12-14,17,19-22,38-40H,7-11,15-16,18,23H2,1-6H3/b25-14+,26-17+. The van der Waals surface area contributed by atoms with Crippen LogP contribution in [0.5, 0.6) is 17.2 Å². The van der Waals surface area contributed by atoms with E-state index in [1.54, 1.807) is 25.1 Å². The van der Waals surface area contributed by atoms with Crippen LogP contribution in [-0.2, 0) is 16.0 Å². The number of hydrogen-bond donors (Lipinski definition) is 3. The number of aromatic hydroxyl groups is 3. The molecule has 0 fully saturated rings. The third kappa shape index (κ3) is 10.8. The molecule has 0 radical (unpaired) electrons. The van der Waals surface area contributed by atoms with Crippen LogP contribution in [0.15, 0.2) is 65.3 Å². The smallest absolute Gasteiger partial charge is 0.325 e. The van der Waals surface area contributed by atoms with E-state index in [2.05, 4.69) is 45.9 Å². The van der Waals surface area contributed by atoms with Crippen LogP contribution in [-0.4, -0.2) is 40.2 Å². The zero-order valence-corrected chi connectivity index (χ0v) is 26.0. The molecule has 42 heavy (non-hydrogen) atoms. The van der Waals surface area contributed by atoms with Gasteiger partial charge in [0.1, 0.15) is 23.8 Å². The van der Waals surface area contributed by atoms with Gasteiger partial charge in [0.2, 0.25) is 0 Å². The van der Waals surface area contributed by atoms with Crippen LogP contribution in [0.1, 0.15) is 96.0 Å².